The molecule has 1 unspecified atom stereocenters. The molecule has 0 bridgehead atoms. The fourth-order valence-corrected chi connectivity index (χ4v) is 3.93. The van der Waals surface area contributed by atoms with Crippen LogP contribution in [-0.4, -0.2) is 36.6 Å². The Kier molecular flexibility index (Phi) is 6.78. The Bertz CT molecular complexity index is 1580. The van der Waals surface area contributed by atoms with E-state index in [-0.39, 0.29) is 40.7 Å². The second-order valence-corrected chi connectivity index (χ2v) is 9.28. The van der Waals surface area contributed by atoms with Crippen LogP contribution in [0.3, 0.4) is 0 Å². The first kappa shape index (κ1) is 24.9. The van der Waals surface area contributed by atoms with Crippen LogP contribution in [0.1, 0.15) is 56.0 Å². The van der Waals surface area contributed by atoms with Crippen molar-refractivity contribution in [1.82, 2.24) is 24.1 Å². The lowest BCUT2D eigenvalue weighted by Crippen LogP contribution is -2.32. The third-order valence-electron chi connectivity index (χ3n) is 6.30. The van der Waals surface area contributed by atoms with Crippen LogP contribution in [-0.2, 0) is 18.4 Å². The zero-order valence-corrected chi connectivity index (χ0v) is 21.0. The van der Waals surface area contributed by atoms with E-state index in [1.54, 1.807) is 6.07 Å². The first-order valence-corrected chi connectivity index (χ1v) is 11.9. The summed E-state index contributed by atoms with van der Waals surface area (Å²) in [7, 11) is 1.51. The van der Waals surface area contributed by atoms with Crippen LogP contribution in [0, 0.1) is 0 Å². The van der Waals surface area contributed by atoms with Crippen LogP contribution in [0.15, 0.2) is 52.1 Å². The van der Waals surface area contributed by atoms with Crippen molar-refractivity contribution in [3.63, 3.8) is 0 Å². The first-order valence-electron chi connectivity index (χ1n) is 11.9. The number of nitrogens with zero attached hydrogens (tertiary/aromatic N) is 4. The van der Waals surface area contributed by atoms with Crippen LogP contribution in [0.5, 0.6) is 0 Å². The zero-order chi connectivity index (χ0) is 26.1. The highest BCUT2D eigenvalue weighted by atomic mass is 16.2. The van der Waals surface area contributed by atoms with Crippen molar-refractivity contribution in [1.29, 1.82) is 0 Å². The molecule has 1 atom stereocenters. The Hall–Kier alpha value is -4.21. The molecule has 10 nitrogen and oxygen atoms in total. The lowest BCUT2D eigenvalue weighted by molar-refractivity contribution is -0.117. The van der Waals surface area contributed by atoms with Gasteiger partial charge < -0.3 is 10.6 Å². The third kappa shape index (κ3) is 4.66. The van der Waals surface area contributed by atoms with E-state index >= 15 is 0 Å². The van der Waals surface area contributed by atoms with Crippen molar-refractivity contribution in [3.05, 3.63) is 74.4 Å². The van der Waals surface area contributed by atoms with Gasteiger partial charge in [-0.1, -0.05) is 32.9 Å². The lowest BCUT2D eigenvalue weighted by atomic mass is 10.0. The molecule has 0 spiro atoms. The molecule has 0 fully saturated rings. The Balaban J connectivity index is 1.71. The van der Waals surface area contributed by atoms with Gasteiger partial charge in [-0.25, -0.2) is 13.9 Å². The number of carbonyl (C=O) groups is 2. The number of aryl methyl sites for hydroxylation is 1. The van der Waals surface area contributed by atoms with Gasteiger partial charge in [0.15, 0.2) is 0 Å². The Morgan fingerprint density at radius 1 is 1.03 bits per heavy atom. The summed E-state index contributed by atoms with van der Waals surface area (Å²) in [4.78, 5) is 51.5. The number of hydrogen-bond acceptors (Lipinski definition) is 5. The van der Waals surface area contributed by atoms with E-state index in [2.05, 4.69) is 29.6 Å². The third-order valence-corrected chi connectivity index (χ3v) is 6.30. The van der Waals surface area contributed by atoms with Crippen molar-refractivity contribution >= 4 is 34.2 Å². The van der Waals surface area contributed by atoms with E-state index in [1.165, 1.54) is 28.1 Å². The summed E-state index contributed by atoms with van der Waals surface area (Å²) in [6.07, 6.45) is 0.764. The number of hydrogen-bond donors (Lipinski definition) is 2. The number of fused-ring (bicyclic) bond motifs is 3. The molecule has 4 aromatic rings. The fourth-order valence-electron chi connectivity index (χ4n) is 3.93. The number of nitrogens with one attached hydrogen (secondary N) is 2. The largest absolute Gasteiger partial charge is 0.352 e. The van der Waals surface area contributed by atoms with Gasteiger partial charge in [0.2, 0.25) is 11.7 Å². The molecule has 0 aliphatic rings. The predicted octanol–water partition coefficient (Wildman–Crippen LogP) is 2.64. The highest BCUT2D eigenvalue weighted by Crippen LogP contribution is 2.17. The highest BCUT2D eigenvalue weighted by Gasteiger charge is 2.19. The van der Waals surface area contributed by atoms with Crippen LogP contribution in [0.25, 0.3) is 16.7 Å². The Morgan fingerprint density at radius 2 is 1.72 bits per heavy atom. The number of benzene rings is 2. The molecule has 2 aromatic carbocycles. The molecule has 2 N–H and O–H groups in total. The summed E-state index contributed by atoms with van der Waals surface area (Å²) in [5.74, 6) is -0.287. The Labute approximate surface area is 207 Å². The average Bonchev–Trinajstić information content (AvgIpc) is 3.18. The van der Waals surface area contributed by atoms with E-state index in [9.17, 15) is 19.2 Å². The predicted molar refractivity (Wildman–Crippen MR) is 139 cm³/mol. The molecular weight excluding hydrogens is 460 g/mol. The van der Waals surface area contributed by atoms with Gasteiger partial charge in [-0.2, -0.15) is 0 Å². The van der Waals surface area contributed by atoms with Crippen LogP contribution in [0.2, 0.25) is 0 Å². The van der Waals surface area contributed by atoms with Crippen molar-refractivity contribution in [3.8, 4) is 0 Å². The first-order chi connectivity index (χ1) is 17.1. The van der Waals surface area contributed by atoms with Gasteiger partial charge in [0.1, 0.15) is 6.54 Å². The molecule has 2 aromatic heterocycles. The molecule has 188 valence electrons. The van der Waals surface area contributed by atoms with E-state index in [0.717, 1.165) is 16.7 Å². The van der Waals surface area contributed by atoms with Gasteiger partial charge in [0, 0.05) is 24.3 Å². The molecule has 2 amide bonds. The second-order valence-electron chi connectivity index (χ2n) is 9.28. The second kappa shape index (κ2) is 9.80. The van der Waals surface area contributed by atoms with E-state index in [4.69, 9.17) is 0 Å². The SMILES string of the molecule is CCC(C)NC(=O)c1ccc2c(=O)n(C)c3nn(CC(=O)Nc4ccc(C(C)C)cc4)c(=O)n3c2c1. The summed E-state index contributed by atoms with van der Waals surface area (Å²) in [6, 6.07) is 12.1. The van der Waals surface area contributed by atoms with Gasteiger partial charge in [-0.3, -0.25) is 19.0 Å². The number of carbonyl (C=O) groups excluding carboxylic acids is 2. The molecule has 36 heavy (non-hydrogen) atoms. The van der Waals surface area contributed by atoms with Crippen LogP contribution >= 0.6 is 0 Å². The normalized spacial score (nSPS) is 12.3. The highest BCUT2D eigenvalue weighted by molar-refractivity contribution is 5.98. The molecule has 0 aliphatic heterocycles. The summed E-state index contributed by atoms with van der Waals surface area (Å²) in [5, 5.41) is 10.2. The minimum absolute atomic E-state index is 0.0255. The number of aromatic nitrogens is 4. The van der Waals surface area contributed by atoms with Gasteiger partial charge in [0.25, 0.3) is 11.5 Å². The molecule has 2 heterocycles. The molecule has 0 saturated heterocycles. The average molecular weight is 491 g/mol. The van der Waals surface area contributed by atoms with E-state index in [0.29, 0.717) is 17.2 Å². The van der Waals surface area contributed by atoms with Crippen LogP contribution < -0.4 is 21.9 Å². The van der Waals surface area contributed by atoms with E-state index in [1.807, 2.05) is 38.1 Å². The number of anilines is 1. The molecule has 4 rings (SSSR count). The topological polar surface area (TPSA) is 120 Å². The number of amides is 2. The fraction of sp³-hybridized carbons (Fsp3) is 0.346. The summed E-state index contributed by atoms with van der Waals surface area (Å²) in [5.41, 5.74) is 1.38. The quantitative estimate of drug-likeness (QED) is 0.413. The van der Waals surface area contributed by atoms with Crippen molar-refractivity contribution in [2.45, 2.75) is 52.6 Å². The number of rotatable bonds is 7. The maximum Gasteiger partial charge on any atom is 0.352 e. The minimum Gasteiger partial charge on any atom is -0.350 e. The molecule has 0 saturated carbocycles. The van der Waals surface area contributed by atoms with Gasteiger partial charge in [0.05, 0.1) is 10.9 Å². The van der Waals surface area contributed by atoms with Gasteiger partial charge in [-0.15, -0.1) is 5.10 Å². The van der Waals surface area contributed by atoms with E-state index < -0.39 is 11.6 Å². The molecule has 10 heteroatoms. The van der Waals surface area contributed by atoms with Gasteiger partial charge >= 0.3 is 5.69 Å². The summed E-state index contributed by atoms with van der Waals surface area (Å²) >= 11 is 0. The maximum absolute atomic E-state index is 13.3. The Morgan fingerprint density at radius 3 is 2.36 bits per heavy atom. The monoisotopic (exact) mass is 490 g/mol. The smallest absolute Gasteiger partial charge is 0.350 e. The zero-order valence-electron chi connectivity index (χ0n) is 21.0. The molecule has 0 radical (unpaired) electrons. The molecule has 0 aliphatic carbocycles. The standard InChI is InChI=1S/C26H30N6O4/c1-6-16(4)27-23(34)18-9-12-20-21(13-18)32-25(30(5)24(20)35)29-31(26(32)36)14-22(33)28-19-10-7-17(8-11-19)15(2)3/h7-13,15-16H,6,14H2,1-5H3,(H,27,34)(H,28,33). The summed E-state index contributed by atoms with van der Waals surface area (Å²) in [6.45, 7) is 7.69. The van der Waals surface area contributed by atoms with Gasteiger partial charge in [-0.05, 0) is 55.2 Å². The molecular formula is C26H30N6O4. The van der Waals surface area contributed by atoms with Crippen LogP contribution in [0.4, 0.5) is 5.69 Å². The lowest BCUT2D eigenvalue weighted by Gasteiger charge is -2.12. The van der Waals surface area contributed by atoms with Crippen molar-refractivity contribution < 1.29 is 9.59 Å². The summed E-state index contributed by atoms with van der Waals surface area (Å²) < 4.78 is 3.51. The maximum atomic E-state index is 13.3. The van der Waals surface area contributed by atoms with Crippen molar-refractivity contribution in [2.75, 3.05) is 5.32 Å². The van der Waals surface area contributed by atoms with Crippen molar-refractivity contribution in [2.24, 2.45) is 7.05 Å². The minimum atomic E-state index is -0.588.